The number of hydrogen-bond donors (Lipinski definition) is 1. The van der Waals surface area contributed by atoms with Crippen molar-refractivity contribution in [3.05, 3.63) is 46.2 Å². The Bertz CT molecular complexity index is 717. The van der Waals surface area contributed by atoms with Crippen LogP contribution in [0.5, 0.6) is 11.5 Å². The van der Waals surface area contributed by atoms with Crippen LogP contribution in [0.4, 0.5) is 0 Å². The average molecular weight is 391 g/mol. The first-order valence-corrected chi connectivity index (χ1v) is 10.3. The molecule has 1 N–H and O–H groups in total. The number of aliphatic hydroxyl groups excluding tert-OH is 1. The third-order valence-electron chi connectivity index (χ3n) is 4.91. The molecule has 2 aliphatic rings. The van der Waals surface area contributed by atoms with Crippen LogP contribution in [0.3, 0.4) is 0 Å². The molecule has 0 bridgehead atoms. The fourth-order valence-electron chi connectivity index (χ4n) is 3.47. The number of benzene rings is 1. The lowest BCUT2D eigenvalue weighted by Gasteiger charge is -2.35. The van der Waals surface area contributed by atoms with Crippen molar-refractivity contribution in [2.45, 2.75) is 19.3 Å². The number of hydrogen-bond acceptors (Lipinski definition) is 7. The zero-order valence-electron chi connectivity index (χ0n) is 15.4. The van der Waals surface area contributed by atoms with Crippen molar-refractivity contribution in [3.8, 4) is 11.5 Å². The van der Waals surface area contributed by atoms with Gasteiger partial charge in [0.1, 0.15) is 0 Å². The van der Waals surface area contributed by atoms with E-state index < -0.39 is 6.10 Å². The molecule has 7 heteroatoms. The molecule has 27 heavy (non-hydrogen) atoms. The lowest BCUT2D eigenvalue weighted by molar-refractivity contribution is 0.00152. The fourth-order valence-corrected chi connectivity index (χ4v) is 4.11. The minimum atomic E-state index is -0.439. The van der Waals surface area contributed by atoms with E-state index in [1.54, 1.807) is 11.3 Å². The molecule has 1 aromatic heterocycles. The zero-order valence-corrected chi connectivity index (χ0v) is 16.2. The SMILES string of the molecule is OC(COCc1cccs1)CN1CCN(Cc2ccc3c(c2)OCO3)CC1. The van der Waals surface area contributed by atoms with E-state index in [1.807, 2.05) is 17.5 Å². The molecule has 2 aromatic rings. The Kier molecular flexibility index (Phi) is 6.26. The molecule has 3 heterocycles. The molecule has 146 valence electrons. The summed E-state index contributed by atoms with van der Waals surface area (Å²) in [6, 6.07) is 10.2. The summed E-state index contributed by atoms with van der Waals surface area (Å²) >= 11 is 1.68. The van der Waals surface area contributed by atoms with Crippen LogP contribution in [-0.4, -0.2) is 67.1 Å². The smallest absolute Gasteiger partial charge is 0.231 e. The molecule has 2 aliphatic heterocycles. The quantitative estimate of drug-likeness (QED) is 0.746. The second kappa shape index (κ2) is 9.03. The summed E-state index contributed by atoms with van der Waals surface area (Å²) in [5, 5.41) is 12.3. The lowest BCUT2D eigenvalue weighted by Crippen LogP contribution is -2.48. The van der Waals surface area contributed by atoms with E-state index in [-0.39, 0.29) is 0 Å². The Morgan fingerprint density at radius 2 is 1.89 bits per heavy atom. The van der Waals surface area contributed by atoms with Gasteiger partial charge in [-0.2, -0.15) is 0 Å². The fraction of sp³-hybridized carbons (Fsp3) is 0.500. The van der Waals surface area contributed by atoms with E-state index in [1.165, 1.54) is 10.4 Å². The zero-order chi connectivity index (χ0) is 18.5. The molecule has 0 radical (unpaired) electrons. The summed E-state index contributed by atoms with van der Waals surface area (Å²) in [5.41, 5.74) is 1.25. The number of β-amino-alcohol motifs (C(OH)–C–C–N with tert-alkyl or cyclic N) is 1. The van der Waals surface area contributed by atoms with Gasteiger partial charge in [0, 0.05) is 44.1 Å². The van der Waals surface area contributed by atoms with Crippen molar-refractivity contribution in [2.75, 3.05) is 46.1 Å². The Morgan fingerprint density at radius 1 is 1.07 bits per heavy atom. The van der Waals surface area contributed by atoms with Crippen LogP contribution in [0.15, 0.2) is 35.7 Å². The number of rotatable bonds is 8. The van der Waals surface area contributed by atoms with Crippen LogP contribution in [0.2, 0.25) is 0 Å². The molecule has 0 aliphatic carbocycles. The number of nitrogens with zero attached hydrogens (tertiary/aromatic N) is 2. The first-order valence-electron chi connectivity index (χ1n) is 9.38. The van der Waals surface area contributed by atoms with E-state index >= 15 is 0 Å². The molecule has 1 atom stereocenters. The molecular weight excluding hydrogens is 364 g/mol. The van der Waals surface area contributed by atoms with Gasteiger partial charge in [0.15, 0.2) is 11.5 Å². The molecule has 4 rings (SSSR count). The summed E-state index contributed by atoms with van der Waals surface area (Å²) in [6.45, 7) is 6.79. The summed E-state index contributed by atoms with van der Waals surface area (Å²) in [4.78, 5) is 5.95. The highest BCUT2D eigenvalue weighted by Gasteiger charge is 2.20. The number of fused-ring (bicyclic) bond motifs is 1. The summed E-state index contributed by atoms with van der Waals surface area (Å²) in [7, 11) is 0. The molecule has 0 amide bonds. The number of aliphatic hydroxyl groups is 1. The molecule has 1 aromatic carbocycles. The van der Waals surface area contributed by atoms with Crippen molar-refractivity contribution in [1.82, 2.24) is 9.80 Å². The van der Waals surface area contributed by atoms with Crippen molar-refractivity contribution in [3.63, 3.8) is 0 Å². The maximum atomic E-state index is 10.2. The van der Waals surface area contributed by atoms with Crippen molar-refractivity contribution >= 4 is 11.3 Å². The topological polar surface area (TPSA) is 54.4 Å². The van der Waals surface area contributed by atoms with Crippen molar-refractivity contribution < 1.29 is 19.3 Å². The van der Waals surface area contributed by atoms with E-state index in [0.717, 1.165) is 44.2 Å². The second-order valence-electron chi connectivity index (χ2n) is 7.01. The van der Waals surface area contributed by atoms with Crippen LogP contribution in [0, 0.1) is 0 Å². The Hall–Kier alpha value is -1.64. The van der Waals surface area contributed by atoms with Gasteiger partial charge in [-0.15, -0.1) is 11.3 Å². The third kappa shape index (κ3) is 5.21. The predicted octanol–water partition coefficient (Wildman–Crippen LogP) is 2.17. The number of thiophene rings is 1. The van der Waals surface area contributed by atoms with Gasteiger partial charge < -0.3 is 19.3 Å². The summed E-state index contributed by atoms with van der Waals surface area (Å²) < 4.78 is 16.4. The van der Waals surface area contributed by atoms with Gasteiger partial charge in [-0.25, -0.2) is 0 Å². The van der Waals surface area contributed by atoms with E-state index in [0.29, 0.717) is 26.6 Å². The second-order valence-corrected chi connectivity index (χ2v) is 8.04. The highest BCUT2D eigenvalue weighted by Crippen LogP contribution is 2.32. The molecule has 0 spiro atoms. The minimum absolute atomic E-state index is 0.316. The van der Waals surface area contributed by atoms with Crippen molar-refractivity contribution in [1.29, 1.82) is 0 Å². The molecule has 1 unspecified atom stereocenters. The van der Waals surface area contributed by atoms with Crippen LogP contribution in [0.1, 0.15) is 10.4 Å². The Labute approximate surface area is 163 Å². The number of piperazine rings is 1. The first-order chi connectivity index (χ1) is 13.3. The average Bonchev–Trinajstić information content (AvgIpc) is 3.34. The van der Waals surface area contributed by atoms with E-state index in [4.69, 9.17) is 14.2 Å². The minimum Gasteiger partial charge on any atom is -0.454 e. The summed E-state index contributed by atoms with van der Waals surface area (Å²) in [6.07, 6.45) is -0.439. The molecule has 1 saturated heterocycles. The normalized spacial score (nSPS) is 18.7. The van der Waals surface area contributed by atoms with Crippen molar-refractivity contribution in [2.24, 2.45) is 0 Å². The predicted molar refractivity (Wildman–Crippen MR) is 104 cm³/mol. The van der Waals surface area contributed by atoms with Gasteiger partial charge in [-0.3, -0.25) is 9.80 Å². The maximum absolute atomic E-state index is 10.2. The molecule has 6 nitrogen and oxygen atoms in total. The van der Waals surface area contributed by atoms with Gasteiger partial charge >= 0.3 is 0 Å². The van der Waals surface area contributed by atoms with Crippen LogP contribution >= 0.6 is 11.3 Å². The molecule has 1 fully saturated rings. The molecule has 0 saturated carbocycles. The lowest BCUT2D eigenvalue weighted by atomic mass is 10.1. The van der Waals surface area contributed by atoms with Gasteiger partial charge in [0.25, 0.3) is 0 Å². The van der Waals surface area contributed by atoms with Gasteiger partial charge in [0.2, 0.25) is 6.79 Å². The highest BCUT2D eigenvalue weighted by atomic mass is 32.1. The van der Waals surface area contributed by atoms with Gasteiger partial charge in [-0.1, -0.05) is 12.1 Å². The standard InChI is InChI=1S/C20H26N2O4S/c23-17(13-24-14-18-2-1-9-27-18)12-22-7-5-21(6-8-22)11-16-3-4-19-20(10-16)26-15-25-19/h1-4,9-10,17,23H,5-8,11-15H2. The maximum Gasteiger partial charge on any atom is 0.231 e. The highest BCUT2D eigenvalue weighted by molar-refractivity contribution is 7.09. The van der Waals surface area contributed by atoms with Crippen LogP contribution in [0.25, 0.3) is 0 Å². The van der Waals surface area contributed by atoms with Crippen LogP contribution < -0.4 is 9.47 Å². The van der Waals surface area contributed by atoms with Gasteiger partial charge in [-0.05, 0) is 29.1 Å². The third-order valence-corrected chi connectivity index (χ3v) is 5.76. The summed E-state index contributed by atoms with van der Waals surface area (Å²) in [5.74, 6) is 1.68. The first kappa shape index (κ1) is 18.7. The van der Waals surface area contributed by atoms with Crippen LogP contribution in [-0.2, 0) is 17.9 Å². The largest absolute Gasteiger partial charge is 0.454 e. The monoisotopic (exact) mass is 390 g/mol. The van der Waals surface area contributed by atoms with E-state index in [2.05, 4.69) is 28.0 Å². The van der Waals surface area contributed by atoms with Gasteiger partial charge in [0.05, 0.1) is 19.3 Å². The Balaban J connectivity index is 1.15. The number of ether oxygens (including phenoxy) is 3. The molecular formula is C20H26N2O4S. The van der Waals surface area contributed by atoms with E-state index in [9.17, 15) is 5.11 Å². The Morgan fingerprint density at radius 3 is 2.70 bits per heavy atom.